The number of aryl methyl sites for hydroxylation is 2. The van der Waals surface area contributed by atoms with Crippen LogP contribution in [-0.4, -0.2) is 31.0 Å². The van der Waals surface area contributed by atoms with Crippen molar-refractivity contribution >= 4 is 17.5 Å². The summed E-state index contributed by atoms with van der Waals surface area (Å²) in [6.07, 6.45) is 1.00. The number of nitrogens with zero attached hydrogens (tertiary/aromatic N) is 1. The molecule has 23 heavy (non-hydrogen) atoms. The second kappa shape index (κ2) is 8.06. The third-order valence-electron chi connectivity index (χ3n) is 3.75. The lowest BCUT2D eigenvalue weighted by Gasteiger charge is -2.16. The van der Waals surface area contributed by atoms with Crippen molar-refractivity contribution in [2.24, 2.45) is 0 Å². The SMILES string of the molecule is CCc1ccc(OCCN(C)C(=O)c2cc(CCl)c(C)o2)cc1. The molecule has 2 aromatic rings. The van der Waals surface area contributed by atoms with Crippen molar-refractivity contribution < 1.29 is 13.9 Å². The van der Waals surface area contributed by atoms with Gasteiger partial charge in [-0.25, -0.2) is 0 Å². The Morgan fingerprint density at radius 1 is 1.30 bits per heavy atom. The Labute approximate surface area is 142 Å². The predicted octanol–water partition coefficient (Wildman–Crippen LogP) is 4.04. The van der Waals surface area contributed by atoms with E-state index < -0.39 is 0 Å². The molecule has 2 rings (SSSR count). The zero-order chi connectivity index (χ0) is 16.8. The number of carbonyl (C=O) groups is 1. The number of halogens is 1. The molecule has 0 bridgehead atoms. The van der Waals surface area contributed by atoms with E-state index in [-0.39, 0.29) is 5.91 Å². The van der Waals surface area contributed by atoms with Gasteiger partial charge in [-0.15, -0.1) is 11.6 Å². The molecule has 0 fully saturated rings. The minimum atomic E-state index is -0.172. The third kappa shape index (κ3) is 4.52. The van der Waals surface area contributed by atoms with Gasteiger partial charge in [0.1, 0.15) is 18.1 Å². The number of ether oxygens (including phenoxy) is 1. The summed E-state index contributed by atoms with van der Waals surface area (Å²) in [6.45, 7) is 4.82. The Morgan fingerprint density at radius 2 is 2.00 bits per heavy atom. The Bertz CT molecular complexity index is 649. The van der Waals surface area contributed by atoms with Gasteiger partial charge < -0.3 is 14.1 Å². The molecule has 0 N–H and O–H groups in total. The highest BCUT2D eigenvalue weighted by Crippen LogP contribution is 2.18. The molecule has 124 valence electrons. The Kier molecular flexibility index (Phi) is 6.11. The molecule has 0 unspecified atom stereocenters. The summed E-state index contributed by atoms with van der Waals surface area (Å²) in [4.78, 5) is 13.9. The quantitative estimate of drug-likeness (QED) is 0.717. The van der Waals surface area contributed by atoms with Crippen LogP contribution in [0.1, 0.15) is 34.4 Å². The van der Waals surface area contributed by atoms with Gasteiger partial charge >= 0.3 is 0 Å². The fraction of sp³-hybridized carbons (Fsp3) is 0.389. The molecule has 1 heterocycles. The summed E-state index contributed by atoms with van der Waals surface area (Å²) in [5.74, 6) is 1.97. The first-order chi connectivity index (χ1) is 11.0. The number of hydrogen-bond donors (Lipinski definition) is 0. The van der Waals surface area contributed by atoms with Gasteiger partial charge in [0.25, 0.3) is 5.91 Å². The van der Waals surface area contributed by atoms with Gasteiger partial charge in [-0.05, 0) is 37.1 Å². The van der Waals surface area contributed by atoms with Gasteiger partial charge in [0, 0.05) is 12.6 Å². The maximum Gasteiger partial charge on any atom is 0.289 e. The van der Waals surface area contributed by atoms with Crippen molar-refractivity contribution in [1.82, 2.24) is 4.90 Å². The highest BCUT2D eigenvalue weighted by atomic mass is 35.5. The van der Waals surface area contributed by atoms with E-state index in [1.807, 2.05) is 24.3 Å². The molecule has 1 amide bonds. The van der Waals surface area contributed by atoms with Crippen molar-refractivity contribution in [3.63, 3.8) is 0 Å². The van der Waals surface area contributed by atoms with E-state index in [4.69, 9.17) is 20.8 Å². The zero-order valence-electron chi connectivity index (χ0n) is 13.8. The summed E-state index contributed by atoms with van der Waals surface area (Å²) in [7, 11) is 1.73. The maximum atomic E-state index is 12.3. The summed E-state index contributed by atoms with van der Waals surface area (Å²) in [6, 6.07) is 9.69. The number of likely N-dealkylation sites (N-methyl/N-ethyl adjacent to an activating group) is 1. The summed E-state index contributed by atoms with van der Waals surface area (Å²) < 4.78 is 11.1. The molecule has 0 aliphatic carbocycles. The van der Waals surface area contributed by atoms with Gasteiger partial charge in [-0.2, -0.15) is 0 Å². The molecular formula is C18H22ClNO3. The molecule has 1 aromatic heterocycles. The lowest BCUT2D eigenvalue weighted by Crippen LogP contribution is -2.30. The fourth-order valence-corrected chi connectivity index (χ4v) is 2.43. The second-order valence-corrected chi connectivity index (χ2v) is 5.67. The van der Waals surface area contributed by atoms with E-state index in [1.165, 1.54) is 5.56 Å². The highest BCUT2D eigenvalue weighted by molar-refractivity contribution is 6.17. The van der Waals surface area contributed by atoms with E-state index in [2.05, 4.69) is 6.92 Å². The van der Waals surface area contributed by atoms with Gasteiger partial charge in [-0.1, -0.05) is 19.1 Å². The molecule has 0 spiro atoms. The number of rotatable bonds is 7. The Hall–Kier alpha value is -1.94. The van der Waals surface area contributed by atoms with Crippen LogP contribution >= 0.6 is 11.6 Å². The van der Waals surface area contributed by atoms with Crippen molar-refractivity contribution in [1.29, 1.82) is 0 Å². The van der Waals surface area contributed by atoms with Crippen molar-refractivity contribution in [3.05, 3.63) is 53.0 Å². The Balaban J connectivity index is 1.85. The molecule has 0 radical (unpaired) electrons. The summed E-state index contributed by atoms with van der Waals surface area (Å²) >= 11 is 5.80. The lowest BCUT2D eigenvalue weighted by molar-refractivity contribution is 0.0741. The van der Waals surface area contributed by atoms with Gasteiger partial charge in [-0.3, -0.25) is 4.79 Å². The number of alkyl halides is 1. The topological polar surface area (TPSA) is 42.7 Å². The Morgan fingerprint density at radius 3 is 2.57 bits per heavy atom. The molecule has 0 atom stereocenters. The normalized spacial score (nSPS) is 10.6. The first-order valence-electron chi connectivity index (χ1n) is 7.67. The molecule has 5 heteroatoms. The average molecular weight is 336 g/mol. The van der Waals surface area contributed by atoms with Crippen molar-refractivity contribution in [3.8, 4) is 5.75 Å². The first kappa shape index (κ1) is 17.4. The molecule has 0 saturated carbocycles. The average Bonchev–Trinajstić information content (AvgIpc) is 2.95. The van der Waals surface area contributed by atoms with E-state index in [1.54, 1.807) is 24.9 Å². The minimum Gasteiger partial charge on any atom is -0.492 e. The molecule has 0 saturated heterocycles. The molecule has 0 aliphatic rings. The van der Waals surface area contributed by atoms with Crippen molar-refractivity contribution in [2.45, 2.75) is 26.1 Å². The van der Waals surface area contributed by atoms with Crippen LogP contribution in [0.5, 0.6) is 5.75 Å². The van der Waals surface area contributed by atoms with Crippen LogP contribution in [0.25, 0.3) is 0 Å². The van der Waals surface area contributed by atoms with E-state index in [9.17, 15) is 4.79 Å². The van der Waals surface area contributed by atoms with Crippen LogP contribution in [-0.2, 0) is 12.3 Å². The van der Waals surface area contributed by atoms with Gasteiger partial charge in [0.2, 0.25) is 0 Å². The number of benzene rings is 1. The molecule has 4 nitrogen and oxygen atoms in total. The first-order valence-corrected chi connectivity index (χ1v) is 8.21. The highest BCUT2D eigenvalue weighted by Gasteiger charge is 2.17. The smallest absolute Gasteiger partial charge is 0.289 e. The van der Waals surface area contributed by atoms with Crippen molar-refractivity contribution in [2.75, 3.05) is 20.2 Å². The van der Waals surface area contributed by atoms with Crippen LogP contribution < -0.4 is 4.74 Å². The second-order valence-electron chi connectivity index (χ2n) is 5.40. The largest absolute Gasteiger partial charge is 0.492 e. The van der Waals surface area contributed by atoms with Gasteiger partial charge in [0.05, 0.1) is 12.4 Å². The van der Waals surface area contributed by atoms with Crippen LogP contribution in [0, 0.1) is 6.92 Å². The number of amides is 1. The predicted molar refractivity (Wildman–Crippen MR) is 91.3 cm³/mol. The zero-order valence-corrected chi connectivity index (χ0v) is 14.5. The van der Waals surface area contributed by atoms with E-state index >= 15 is 0 Å². The molecule has 0 aliphatic heterocycles. The summed E-state index contributed by atoms with van der Waals surface area (Å²) in [5.41, 5.74) is 2.11. The molecule has 1 aromatic carbocycles. The minimum absolute atomic E-state index is 0.172. The van der Waals surface area contributed by atoms with Crippen LogP contribution in [0.4, 0.5) is 0 Å². The van der Waals surface area contributed by atoms with Crippen LogP contribution in [0.2, 0.25) is 0 Å². The monoisotopic (exact) mass is 335 g/mol. The van der Waals surface area contributed by atoms with E-state index in [0.717, 1.165) is 17.7 Å². The van der Waals surface area contributed by atoms with Crippen LogP contribution in [0.3, 0.4) is 0 Å². The fourth-order valence-electron chi connectivity index (χ4n) is 2.17. The van der Waals surface area contributed by atoms with E-state index in [0.29, 0.717) is 30.6 Å². The third-order valence-corrected chi connectivity index (χ3v) is 4.04. The number of furan rings is 1. The summed E-state index contributed by atoms with van der Waals surface area (Å²) in [5, 5.41) is 0. The number of hydrogen-bond acceptors (Lipinski definition) is 3. The lowest BCUT2D eigenvalue weighted by atomic mass is 10.2. The van der Waals surface area contributed by atoms with Gasteiger partial charge in [0.15, 0.2) is 5.76 Å². The number of carbonyl (C=O) groups excluding carboxylic acids is 1. The van der Waals surface area contributed by atoms with Crippen LogP contribution in [0.15, 0.2) is 34.7 Å². The maximum absolute atomic E-state index is 12.3. The standard InChI is InChI=1S/C18H22ClNO3/c1-4-14-5-7-16(8-6-14)22-10-9-20(3)18(21)17-11-15(12-19)13(2)23-17/h5-8,11H,4,9-10,12H2,1-3H3. The molecular weight excluding hydrogens is 314 g/mol.